The summed E-state index contributed by atoms with van der Waals surface area (Å²) in [6.45, 7) is 5.45. The number of carbonyl (C=O) groups is 2. The Morgan fingerprint density at radius 1 is 1.67 bits per heavy atom. The molecule has 0 saturated heterocycles. The van der Waals surface area contributed by atoms with E-state index in [-0.39, 0.29) is 5.92 Å². The summed E-state index contributed by atoms with van der Waals surface area (Å²) in [6.07, 6.45) is -0.00514. The smallest absolute Gasteiger partial charge is 0.405 e. The number of hydrogen-bond donors (Lipinski definition) is 2. The minimum atomic E-state index is -1.16. The molecule has 0 saturated carbocycles. The standard InChI is InChI=1S/C8H15NO3/c1-6(2)4-8(3,5-10)9-7(11)12/h5-6,9H,4H2,1-3H3,(H,11,12). The average molecular weight is 173 g/mol. The van der Waals surface area contributed by atoms with Gasteiger partial charge in [-0.2, -0.15) is 0 Å². The molecule has 0 aliphatic carbocycles. The van der Waals surface area contributed by atoms with Gasteiger partial charge in [0.15, 0.2) is 0 Å². The Morgan fingerprint density at radius 2 is 2.17 bits per heavy atom. The van der Waals surface area contributed by atoms with E-state index in [2.05, 4.69) is 5.32 Å². The highest BCUT2D eigenvalue weighted by molar-refractivity contribution is 5.74. The Balaban J connectivity index is 4.23. The number of carbonyl (C=O) groups excluding carboxylic acids is 1. The fourth-order valence-electron chi connectivity index (χ4n) is 1.22. The van der Waals surface area contributed by atoms with Gasteiger partial charge in [0, 0.05) is 0 Å². The van der Waals surface area contributed by atoms with Crippen LogP contribution in [0.15, 0.2) is 0 Å². The predicted molar refractivity (Wildman–Crippen MR) is 45.1 cm³/mol. The van der Waals surface area contributed by atoms with Gasteiger partial charge in [0.25, 0.3) is 0 Å². The molecule has 70 valence electrons. The lowest BCUT2D eigenvalue weighted by Crippen LogP contribution is -2.47. The zero-order valence-electron chi connectivity index (χ0n) is 7.63. The van der Waals surface area contributed by atoms with Crippen molar-refractivity contribution in [3.8, 4) is 0 Å². The van der Waals surface area contributed by atoms with Gasteiger partial charge >= 0.3 is 6.09 Å². The van der Waals surface area contributed by atoms with Crippen molar-refractivity contribution >= 4 is 12.4 Å². The van der Waals surface area contributed by atoms with Crippen LogP contribution in [0, 0.1) is 5.92 Å². The lowest BCUT2D eigenvalue weighted by molar-refractivity contribution is -0.113. The Kier molecular flexibility index (Phi) is 3.73. The van der Waals surface area contributed by atoms with Crippen LogP contribution in [0.1, 0.15) is 27.2 Å². The van der Waals surface area contributed by atoms with Crippen molar-refractivity contribution < 1.29 is 14.7 Å². The van der Waals surface area contributed by atoms with Crippen LogP contribution in [0.4, 0.5) is 4.79 Å². The highest BCUT2D eigenvalue weighted by Crippen LogP contribution is 2.13. The average Bonchev–Trinajstić information content (AvgIpc) is 1.83. The molecular weight excluding hydrogens is 158 g/mol. The van der Waals surface area contributed by atoms with Crippen molar-refractivity contribution in [3.05, 3.63) is 0 Å². The van der Waals surface area contributed by atoms with Gasteiger partial charge in [-0.15, -0.1) is 0 Å². The second-order valence-electron chi connectivity index (χ2n) is 3.56. The fourth-order valence-corrected chi connectivity index (χ4v) is 1.22. The SMILES string of the molecule is CC(C)CC(C)(C=O)NC(=O)O. The van der Waals surface area contributed by atoms with Gasteiger partial charge in [0.2, 0.25) is 0 Å². The van der Waals surface area contributed by atoms with Crippen LogP contribution in [0.5, 0.6) is 0 Å². The van der Waals surface area contributed by atoms with Crippen LogP contribution in [0.3, 0.4) is 0 Å². The monoisotopic (exact) mass is 173 g/mol. The van der Waals surface area contributed by atoms with E-state index in [0.717, 1.165) is 0 Å². The van der Waals surface area contributed by atoms with Crippen LogP contribution < -0.4 is 5.32 Å². The Labute approximate surface area is 72.0 Å². The lowest BCUT2D eigenvalue weighted by atomic mass is 9.92. The quantitative estimate of drug-likeness (QED) is 0.629. The van der Waals surface area contributed by atoms with Gasteiger partial charge in [-0.1, -0.05) is 13.8 Å². The third kappa shape index (κ3) is 3.95. The van der Waals surface area contributed by atoms with E-state index in [1.54, 1.807) is 6.92 Å². The first-order valence-electron chi connectivity index (χ1n) is 3.87. The molecule has 1 unspecified atom stereocenters. The van der Waals surface area contributed by atoms with Crippen molar-refractivity contribution in [1.82, 2.24) is 5.32 Å². The Bertz CT molecular complexity index is 179. The van der Waals surface area contributed by atoms with Gasteiger partial charge < -0.3 is 15.2 Å². The van der Waals surface area contributed by atoms with E-state index in [4.69, 9.17) is 5.11 Å². The summed E-state index contributed by atoms with van der Waals surface area (Å²) in [5.74, 6) is 0.284. The molecule has 0 bridgehead atoms. The molecule has 0 aromatic carbocycles. The van der Waals surface area contributed by atoms with Crippen LogP contribution in [-0.2, 0) is 4.79 Å². The van der Waals surface area contributed by atoms with Crippen molar-refractivity contribution in [2.75, 3.05) is 0 Å². The van der Waals surface area contributed by atoms with Crippen LogP contribution in [-0.4, -0.2) is 23.0 Å². The molecule has 4 nitrogen and oxygen atoms in total. The highest BCUT2D eigenvalue weighted by atomic mass is 16.4. The third-order valence-corrected chi connectivity index (χ3v) is 1.48. The van der Waals surface area contributed by atoms with E-state index in [0.29, 0.717) is 12.7 Å². The number of hydrogen-bond acceptors (Lipinski definition) is 2. The van der Waals surface area contributed by atoms with E-state index in [1.807, 2.05) is 13.8 Å². The van der Waals surface area contributed by atoms with Crippen molar-refractivity contribution in [2.24, 2.45) is 5.92 Å². The first-order chi connectivity index (χ1) is 5.39. The van der Waals surface area contributed by atoms with Crippen molar-refractivity contribution in [1.29, 1.82) is 0 Å². The fraction of sp³-hybridized carbons (Fsp3) is 0.750. The summed E-state index contributed by atoms with van der Waals surface area (Å²) < 4.78 is 0. The minimum Gasteiger partial charge on any atom is -0.465 e. The molecule has 2 N–H and O–H groups in total. The predicted octanol–water partition coefficient (Wildman–Crippen LogP) is 1.26. The molecule has 1 amide bonds. The van der Waals surface area contributed by atoms with Crippen molar-refractivity contribution in [3.63, 3.8) is 0 Å². The first-order valence-corrected chi connectivity index (χ1v) is 3.87. The van der Waals surface area contributed by atoms with Crippen molar-refractivity contribution in [2.45, 2.75) is 32.7 Å². The molecule has 0 aliphatic rings. The molecule has 0 spiro atoms. The molecule has 4 heteroatoms. The number of amides is 1. The first kappa shape index (κ1) is 10.9. The number of carboxylic acid groups (broad SMARTS) is 1. The maximum atomic E-state index is 10.6. The van der Waals surface area contributed by atoms with Crippen LogP contribution in [0.2, 0.25) is 0 Å². The molecule has 0 radical (unpaired) electrons. The van der Waals surface area contributed by atoms with Crippen LogP contribution >= 0.6 is 0 Å². The van der Waals surface area contributed by atoms with E-state index < -0.39 is 11.6 Å². The Hall–Kier alpha value is -1.06. The lowest BCUT2D eigenvalue weighted by Gasteiger charge is -2.24. The molecule has 12 heavy (non-hydrogen) atoms. The van der Waals surface area contributed by atoms with E-state index >= 15 is 0 Å². The van der Waals surface area contributed by atoms with Gasteiger partial charge in [-0.25, -0.2) is 4.79 Å². The zero-order valence-corrected chi connectivity index (χ0v) is 7.63. The second-order valence-corrected chi connectivity index (χ2v) is 3.56. The normalized spacial score (nSPS) is 15.3. The molecule has 0 fully saturated rings. The van der Waals surface area contributed by atoms with Gasteiger partial charge in [-0.3, -0.25) is 0 Å². The van der Waals surface area contributed by atoms with E-state index in [1.165, 1.54) is 0 Å². The summed E-state index contributed by atoms with van der Waals surface area (Å²) in [5.41, 5.74) is -0.944. The van der Waals surface area contributed by atoms with Gasteiger partial charge in [-0.05, 0) is 19.3 Å². The maximum absolute atomic E-state index is 10.6. The van der Waals surface area contributed by atoms with E-state index in [9.17, 15) is 9.59 Å². The number of aldehydes is 1. The summed E-state index contributed by atoms with van der Waals surface area (Å²) >= 11 is 0. The summed E-state index contributed by atoms with van der Waals surface area (Å²) in [4.78, 5) is 20.9. The second kappa shape index (κ2) is 4.09. The molecule has 0 aromatic heterocycles. The summed E-state index contributed by atoms with van der Waals surface area (Å²) in [5, 5.41) is 10.6. The Morgan fingerprint density at radius 3 is 2.42 bits per heavy atom. The maximum Gasteiger partial charge on any atom is 0.405 e. The van der Waals surface area contributed by atoms with Gasteiger partial charge in [0.05, 0.1) is 5.54 Å². The minimum absolute atomic E-state index is 0.284. The zero-order chi connectivity index (χ0) is 9.78. The largest absolute Gasteiger partial charge is 0.465 e. The molecular formula is C8H15NO3. The van der Waals surface area contributed by atoms with Crippen LogP contribution in [0.25, 0.3) is 0 Å². The van der Waals surface area contributed by atoms with Gasteiger partial charge in [0.1, 0.15) is 6.29 Å². The third-order valence-electron chi connectivity index (χ3n) is 1.48. The molecule has 0 heterocycles. The number of rotatable bonds is 4. The molecule has 1 atom stereocenters. The summed E-state index contributed by atoms with van der Waals surface area (Å²) in [7, 11) is 0. The topological polar surface area (TPSA) is 66.4 Å². The number of nitrogens with one attached hydrogen (secondary N) is 1. The molecule has 0 aromatic rings. The molecule has 0 rings (SSSR count). The summed E-state index contributed by atoms with van der Waals surface area (Å²) in [6, 6.07) is 0. The highest BCUT2D eigenvalue weighted by Gasteiger charge is 2.26. The molecule has 0 aliphatic heterocycles.